The molecule has 0 bridgehead atoms. The van der Waals surface area contributed by atoms with E-state index >= 15 is 0 Å². The summed E-state index contributed by atoms with van der Waals surface area (Å²) >= 11 is 0. The van der Waals surface area contributed by atoms with E-state index in [4.69, 9.17) is 4.74 Å². The van der Waals surface area contributed by atoms with Crippen molar-refractivity contribution >= 4 is 5.78 Å². The number of aromatic hydroxyl groups is 3. The molecule has 0 amide bonds. The van der Waals surface area contributed by atoms with Crippen LogP contribution >= 0.6 is 0 Å². The Kier molecular flexibility index (Phi) is 3.79. The van der Waals surface area contributed by atoms with E-state index in [2.05, 4.69) is 0 Å². The molecule has 2 aromatic carbocycles. The van der Waals surface area contributed by atoms with Gasteiger partial charge in [-0.1, -0.05) is 6.07 Å². The molecule has 0 aliphatic heterocycles. The van der Waals surface area contributed by atoms with E-state index in [0.717, 1.165) is 6.07 Å². The molecule has 5 nitrogen and oxygen atoms in total. The van der Waals surface area contributed by atoms with Crippen molar-refractivity contribution in [3.05, 3.63) is 47.5 Å². The molecule has 0 fully saturated rings. The fourth-order valence-corrected chi connectivity index (χ4v) is 1.88. The Morgan fingerprint density at radius 1 is 1.05 bits per heavy atom. The van der Waals surface area contributed by atoms with Gasteiger partial charge in [-0.3, -0.25) is 4.79 Å². The lowest BCUT2D eigenvalue weighted by Gasteiger charge is -2.07. The maximum absolute atomic E-state index is 12.1. The van der Waals surface area contributed by atoms with Gasteiger partial charge in [-0.15, -0.1) is 0 Å². The molecule has 0 saturated heterocycles. The van der Waals surface area contributed by atoms with Crippen LogP contribution in [0.5, 0.6) is 23.0 Å². The third-order valence-corrected chi connectivity index (χ3v) is 2.89. The number of Topliss-reactive ketones (excluding diaryl/α,β-unsaturated/α-hetero) is 1. The molecule has 3 N–H and O–H groups in total. The van der Waals surface area contributed by atoms with Gasteiger partial charge in [0.05, 0.1) is 12.7 Å². The lowest BCUT2D eigenvalue weighted by molar-refractivity contribution is 0.0990. The Balaban J connectivity index is 2.21. The highest BCUT2D eigenvalue weighted by Crippen LogP contribution is 2.28. The summed E-state index contributed by atoms with van der Waals surface area (Å²) in [5, 5.41) is 28.5. The second kappa shape index (κ2) is 5.52. The molecule has 2 aromatic rings. The van der Waals surface area contributed by atoms with E-state index < -0.39 is 0 Å². The lowest BCUT2D eigenvalue weighted by atomic mass is 10.0. The predicted octanol–water partition coefficient (Wildman–Crippen LogP) is 2.24. The van der Waals surface area contributed by atoms with E-state index in [0.29, 0.717) is 11.3 Å². The van der Waals surface area contributed by atoms with Crippen LogP contribution in [0.3, 0.4) is 0 Å². The Morgan fingerprint density at radius 2 is 1.80 bits per heavy atom. The molecule has 20 heavy (non-hydrogen) atoms. The highest BCUT2D eigenvalue weighted by atomic mass is 16.5. The van der Waals surface area contributed by atoms with E-state index in [9.17, 15) is 20.1 Å². The summed E-state index contributed by atoms with van der Waals surface area (Å²) in [6.45, 7) is 0. The molecule has 0 radical (unpaired) electrons. The Labute approximate surface area is 115 Å². The molecule has 104 valence electrons. The summed E-state index contributed by atoms with van der Waals surface area (Å²) in [6.07, 6.45) is 0.0237. The topological polar surface area (TPSA) is 87.0 Å². The molecule has 0 heterocycles. The summed E-state index contributed by atoms with van der Waals surface area (Å²) in [7, 11) is 1.44. The number of carbonyl (C=O) groups is 1. The molecule has 0 aliphatic rings. The maximum atomic E-state index is 12.1. The van der Waals surface area contributed by atoms with Gasteiger partial charge in [-0.25, -0.2) is 0 Å². The minimum atomic E-state index is -0.313. The number of ketones is 1. The van der Waals surface area contributed by atoms with Gasteiger partial charge in [-0.05, 0) is 29.8 Å². The fraction of sp³-hybridized carbons (Fsp3) is 0.133. The summed E-state index contributed by atoms with van der Waals surface area (Å²) in [5.74, 6) is -0.414. The van der Waals surface area contributed by atoms with Gasteiger partial charge in [-0.2, -0.15) is 0 Å². The van der Waals surface area contributed by atoms with Crippen molar-refractivity contribution in [2.75, 3.05) is 7.11 Å². The smallest absolute Gasteiger partial charge is 0.170 e. The number of ether oxygens (including phenoxy) is 1. The Hall–Kier alpha value is -2.69. The fourth-order valence-electron chi connectivity index (χ4n) is 1.88. The molecule has 0 saturated carbocycles. The first-order valence-corrected chi connectivity index (χ1v) is 5.92. The van der Waals surface area contributed by atoms with Gasteiger partial charge in [0.1, 0.15) is 11.5 Å². The highest BCUT2D eigenvalue weighted by molar-refractivity contribution is 6.00. The van der Waals surface area contributed by atoms with Gasteiger partial charge in [0.25, 0.3) is 0 Å². The third-order valence-electron chi connectivity index (χ3n) is 2.89. The van der Waals surface area contributed by atoms with E-state index in [-0.39, 0.29) is 35.0 Å². The largest absolute Gasteiger partial charge is 0.508 e. The molecular weight excluding hydrogens is 260 g/mol. The summed E-state index contributed by atoms with van der Waals surface area (Å²) in [5.41, 5.74) is 0.721. The number of carbonyl (C=O) groups excluding carboxylic acids is 1. The number of methoxy groups -OCH3 is 1. The molecule has 0 unspecified atom stereocenters. The van der Waals surface area contributed by atoms with Crippen LogP contribution in [0.15, 0.2) is 36.4 Å². The summed E-state index contributed by atoms with van der Waals surface area (Å²) in [4.78, 5) is 12.1. The molecule has 0 atom stereocenters. The van der Waals surface area contributed by atoms with Crippen LogP contribution in [-0.4, -0.2) is 28.2 Å². The zero-order valence-corrected chi connectivity index (χ0v) is 10.8. The zero-order valence-electron chi connectivity index (χ0n) is 10.8. The normalized spacial score (nSPS) is 10.2. The molecule has 0 spiro atoms. The number of hydrogen-bond donors (Lipinski definition) is 3. The quantitative estimate of drug-likeness (QED) is 0.744. The van der Waals surface area contributed by atoms with E-state index in [1.54, 1.807) is 12.1 Å². The number of phenols is 3. The van der Waals surface area contributed by atoms with Crippen LogP contribution in [0.4, 0.5) is 0 Å². The Bertz CT molecular complexity index is 649. The lowest BCUT2D eigenvalue weighted by Crippen LogP contribution is -2.03. The molecular formula is C15H14O5. The first-order chi connectivity index (χ1) is 9.51. The third kappa shape index (κ3) is 2.83. The van der Waals surface area contributed by atoms with Crippen LogP contribution in [0.1, 0.15) is 15.9 Å². The average Bonchev–Trinajstić information content (AvgIpc) is 2.38. The second-order valence-corrected chi connectivity index (χ2v) is 4.31. The number of rotatable bonds is 4. The van der Waals surface area contributed by atoms with Crippen LogP contribution in [-0.2, 0) is 6.42 Å². The molecule has 2 rings (SSSR count). The summed E-state index contributed by atoms with van der Waals surface area (Å²) in [6, 6.07) is 8.46. The number of phenolic OH excluding ortho intramolecular Hbond substituents is 3. The molecule has 0 aromatic heterocycles. The van der Waals surface area contributed by atoms with Gasteiger partial charge in [0.15, 0.2) is 17.3 Å². The second-order valence-electron chi connectivity index (χ2n) is 4.31. The first kappa shape index (κ1) is 13.7. The molecule has 0 aliphatic carbocycles. The number of hydrogen-bond acceptors (Lipinski definition) is 5. The first-order valence-electron chi connectivity index (χ1n) is 5.92. The van der Waals surface area contributed by atoms with Gasteiger partial charge >= 0.3 is 0 Å². The standard InChI is InChI=1S/C15H14O5/c1-20-15-5-2-9(7-14(15)19)6-12(17)11-4-3-10(16)8-13(11)18/h2-5,7-8,16,18-19H,6H2,1H3. The van der Waals surface area contributed by atoms with Gasteiger partial charge < -0.3 is 20.1 Å². The van der Waals surface area contributed by atoms with Crippen molar-refractivity contribution in [3.8, 4) is 23.0 Å². The highest BCUT2D eigenvalue weighted by Gasteiger charge is 2.13. The van der Waals surface area contributed by atoms with Crippen molar-refractivity contribution < 1.29 is 24.9 Å². The van der Waals surface area contributed by atoms with Crippen LogP contribution in [0.2, 0.25) is 0 Å². The van der Waals surface area contributed by atoms with Gasteiger partial charge in [0, 0.05) is 12.5 Å². The van der Waals surface area contributed by atoms with Crippen molar-refractivity contribution in [1.82, 2.24) is 0 Å². The maximum Gasteiger partial charge on any atom is 0.170 e. The predicted molar refractivity (Wildman–Crippen MR) is 72.5 cm³/mol. The van der Waals surface area contributed by atoms with Crippen molar-refractivity contribution in [2.24, 2.45) is 0 Å². The monoisotopic (exact) mass is 274 g/mol. The average molecular weight is 274 g/mol. The van der Waals surface area contributed by atoms with Gasteiger partial charge in [0.2, 0.25) is 0 Å². The van der Waals surface area contributed by atoms with Crippen molar-refractivity contribution in [1.29, 1.82) is 0 Å². The Morgan fingerprint density at radius 3 is 2.40 bits per heavy atom. The minimum Gasteiger partial charge on any atom is -0.508 e. The van der Waals surface area contributed by atoms with E-state index in [1.807, 2.05) is 0 Å². The minimum absolute atomic E-state index is 0.0237. The van der Waals surface area contributed by atoms with Crippen molar-refractivity contribution in [3.63, 3.8) is 0 Å². The van der Waals surface area contributed by atoms with Crippen LogP contribution < -0.4 is 4.74 Å². The SMILES string of the molecule is COc1ccc(CC(=O)c2ccc(O)cc2O)cc1O. The van der Waals surface area contributed by atoms with Crippen LogP contribution in [0, 0.1) is 0 Å². The van der Waals surface area contributed by atoms with E-state index in [1.165, 1.54) is 25.3 Å². The molecule has 5 heteroatoms. The van der Waals surface area contributed by atoms with Crippen LogP contribution in [0.25, 0.3) is 0 Å². The number of benzene rings is 2. The van der Waals surface area contributed by atoms with Crippen molar-refractivity contribution in [2.45, 2.75) is 6.42 Å². The summed E-state index contributed by atoms with van der Waals surface area (Å²) < 4.78 is 4.92. The zero-order chi connectivity index (χ0) is 14.7.